The van der Waals surface area contributed by atoms with Crippen molar-refractivity contribution >= 4 is 21.7 Å². The van der Waals surface area contributed by atoms with E-state index < -0.39 is 34.4 Å². The highest BCUT2D eigenvalue weighted by Gasteiger charge is 2.29. The van der Waals surface area contributed by atoms with Gasteiger partial charge in [0.2, 0.25) is 5.75 Å². The van der Waals surface area contributed by atoms with Crippen molar-refractivity contribution in [2.75, 3.05) is 39.4 Å². The molecule has 1 N–H and O–H groups in total. The Labute approximate surface area is 164 Å². The van der Waals surface area contributed by atoms with Crippen LogP contribution >= 0.6 is 0 Å². The molecule has 0 saturated carbocycles. The maximum absolute atomic E-state index is 11.9. The third-order valence-corrected chi connectivity index (χ3v) is 6.07. The summed E-state index contributed by atoms with van der Waals surface area (Å²) in [5, 5.41) is 2.56. The highest BCUT2D eigenvalue weighted by Crippen LogP contribution is 2.38. The third-order valence-electron chi connectivity index (χ3n) is 4.30. The van der Waals surface area contributed by atoms with Crippen molar-refractivity contribution in [1.29, 1.82) is 0 Å². The topological polar surface area (TPSA) is 117 Å². The first-order valence-corrected chi connectivity index (χ1v) is 10.5. The van der Waals surface area contributed by atoms with E-state index in [-0.39, 0.29) is 17.9 Å². The largest absolute Gasteiger partial charge is 0.493 e. The first kappa shape index (κ1) is 21.8. The normalized spacial score (nSPS) is 17.6. The fourth-order valence-corrected chi connectivity index (χ4v) is 4.60. The highest BCUT2D eigenvalue weighted by molar-refractivity contribution is 7.91. The van der Waals surface area contributed by atoms with Crippen LogP contribution < -0.4 is 19.5 Å². The predicted molar refractivity (Wildman–Crippen MR) is 101 cm³/mol. The summed E-state index contributed by atoms with van der Waals surface area (Å²) in [6, 6.07) is 3.06. The van der Waals surface area contributed by atoms with Gasteiger partial charge in [0.15, 0.2) is 27.9 Å². The van der Waals surface area contributed by atoms with Gasteiger partial charge in [-0.3, -0.25) is 9.59 Å². The molecule has 1 atom stereocenters. The molecule has 0 bridgehead atoms. The lowest BCUT2D eigenvalue weighted by atomic mass is 10.1. The fraction of sp³-hybridized carbons (Fsp3) is 0.556. The number of ether oxygens (including phenoxy) is 4. The van der Waals surface area contributed by atoms with Crippen LogP contribution in [0.4, 0.5) is 0 Å². The Balaban J connectivity index is 1.81. The van der Waals surface area contributed by atoms with Crippen LogP contribution in [-0.4, -0.2) is 65.8 Å². The summed E-state index contributed by atoms with van der Waals surface area (Å²) >= 11 is 0. The molecule has 0 aromatic heterocycles. The Morgan fingerprint density at radius 1 is 1.11 bits per heavy atom. The molecule has 1 saturated heterocycles. The van der Waals surface area contributed by atoms with Crippen molar-refractivity contribution in [2.45, 2.75) is 25.3 Å². The summed E-state index contributed by atoms with van der Waals surface area (Å²) in [5.41, 5.74) is 0.784. The Morgan fingerprint density at radius 3 is 2.25 bits per heavy atom. The summed E-state index contributed by atoms with van der Waals surface area (Å²) in [4.78, 5) is 23.7. The second kappa shape index (κ2) is 9.63. The first-order chi connectivity index (χ1) is 13.3. The van der Waals surface area contributed by atoms with Gasteiger partial charge in [-0.05, 0) is 30.5 Å². The van der Waals surface area contributed by atoms with E-state index in [0.29, 0.717) is 30.1 Å². The van der Waals surface area contributed by atoms with Crippen LogP contribution in [0.15, 0.2) is 12.1 Å². The van der Waals surface area contributed by atoms with Crippen molar-refractivity contribution in [3.05, 3.63) is 17.7 Å². The van der Waals surface area contributed by atoms with Crippen LogP contribution in [0.1, 0.15) is 18.4 Å². The number of esters is 1. The number of hydrogen-bond donors (Lipinski definition) is 1. The summed E-state index contributed by atoms with van der Waals surface area (Å²) in [5.74, 6) is 0.362. The number of carbonyl (C=O) groups excluding carboxylic acids is 2. The van der Waals surface area contributed by atoms with Crippen LogP contribution in [0.3, 0.4) is 0 Å². The minimum Gasteiger partial charge on any atom is -0.493 e. The van der Waals surface area contributed by atoms with E-state index in [0.717, 1.165) is 5.56 Å². The number of benzene rings is 1. The van der Waals surface area contributed by atoms with Crippen molar-refractivity contribution < 1.29 is 37.0 Å². The lowest BCUT2D eigenvalue weighted by Crippen LogP contribution is -2.38. The number of aryl methyl sites for hydroxylation is 1. The maximum Gasteiger partial charge on any atom is 0.306 e. The van der Waals surface area contributed by atoms with Crippen LogP contribution in [-0.2, 0) is 30.6 Å². The van der Waals surface area contributed by atoms with Gasteiger partial charge in [-0.15, -0.1) is 0 Å². The molecule has 1 amide bonds. The molecule has 0 radical (unpaired) electrons. The standard InChI is InChI=1S/C18H25NO8S/c1-24-14-8-12(9-15(25-2)18(14)26-3)4-5-17(21)27-10-16(20)19-13-6-7-28(22,23)11-13/h8-9,13H,4-7,10-11H2,1-3H3,(H,19,20). The van der Waals surface area contributed by atoms with Gasteiger partial charge in [-0.25, -0.2) is 8.42 Å². The number of hydrogen-bond acceptors (Lipinski definition) is 8. The van der Waals surface area contributed by atoms with E-state index in [1.54, 1.807) is 12.1 Å². The molecule has 1 fully saturated rings. The van der Waals surface area contributed by atoms with E-state index in [4.69, 9.17) is 18.9 Å². The van der Waals surface area contributed by atoms with Crippen molar-refractivity contribution in [3.8, 4) is 17.2 Å². The fourth-order valence-electron chi connectivity index (χ4n) is 2.92. The van der Waals surface area contributed by atoms with E-state index in [2.05, 4.69) is 5.32 Å². The Kier molecular flexibility index (Phi) is 7.50. The van der Waals surface area contributed by atoms with Gasteiger partial charge in [-0.1, -0.05) is 0 Å². The molecular weight excluding hydrogens is 390 g/mol. The van der Waals surface area contributed by atoms with Gasteiger partial charge in [-0.2, -0.15) is 0 Å². The molecule has 1 aromatic carbocycles. The predicted octanol–water partition coefficient (Wildman–Crippen LogP) is 0.492. The number of sulfone groups is 1. The molecule has 1 aliphatic heterocycles. The van der Waals surface area contributed by atoms with Gasteiger partial charge in [0, 0.05) is 12.5 Å². The molecule has 9 nitrogen and oxygen atoms in total. The molecule has 1 unspecified atom stereocenters. The Bertz CT molecular complexity index is 796. The molecule has 1 aliphatic rings. The lowest BCUT2D eigenvalue weighted by Gasteiger charge is -2.14. The smallest absolute Gasteiger partial charge is 0.306 e. The molecule has 1 aromatic rings. The number of methoxy groups -OCH3 is 3. The van der Waals surface area contributed by atoms with E-state index >= 15 is 0 Å². The number of nitrogens with one attached hydrogen (secondary N) is 1. The van der Waals surface area contributed by atoms with Gasteiger partial charge in [0.25, 0.3) is 5.91 Å². The summed E-state index contributed by atoms with van der Waals surface area (Å²) in [6.45, 7) is -0.440. The molecule has 28 heavy (non-hydrogen) atoms. The Hall–Kier alpha value is -2.49. The van der Waals surface area contributed by atoms with E-state index in [1.807, 2.05) is 0 Å². The zero-order valence-corrected chi connectivity index (χ0v) is 17.0. The maximum atomic E-state index is 11.9. The summed E-state index contributed by atoms with van der Waals surface area (Å²) in [7, 11) is 1.43. The Morgan fingerprint density at radius 2 is 1.75 bits per heavy atom. The van der Waals surface area contributed by atoms with E-state index in [1.165, 1.54) is 21.3 Å². The van der Waals surface area contributed by atoms with Crippen molar-refractivity contribution in [3.63, 3.8) is 0 Å². The zero-order chi connectivity index (χ0) is 20.7. The van der Waals surface area contributed by atoms with Crippen LogP contribution in [0, 0.1) is 0 Å². The quantitative estimate of drug-likeness (QED) is 0.579. The number of rotatable bonds is 9. The second-order valence-corrected chi connectivity index (χ2v) is 8.59. The average molecular weight is 415 g/mol. The van der Waals surface area contributed by atoms with Crippen molar-refractivity contribution in [2.24, 2.45) is 0 Å². The molecule has 0 spiro atoms. The summed E-state index contributed by atoms with van der Waals surface area (Å²) < 4.78 is 43.5. The average Bonchev–Trinajstić information content (AvgIpc) is 3.01. The third kappa shape index (κ3) is 6.01. The monoisotopic (exact) mass is 415 g/mol. The molecule has 0 aliphatic carbocycles. The van der Waals surface area contributed by atoms with Gasteiger partial charge in [0.1, 0.15) is 0 Å². The zero-order valence-electron chi connectivity index (χ0n) is 16.1. The minimum atomic E-state index is -3.08. The second-order valence-electron chi connectivity index (χ2n) is 6.36. The SMILES string of the molecule is COc1cc(CCC(=O)OCC(=O)NC2CCS(=O)(=O)C2)cc(OC)c1OC. The molecule has 10 heteroatoms. The first-order valence-electron chi connectivity index (χ1n) is 8.72. The van der Waals surface area contributed by atoms with Crippen LogP contribution in [0.25, 0.3) is 0 Å². The van der Waals surface area contributed by atoms with Gasteiger partial charge in [0.05, 0.1) is 32.8 Å². The molecule has 1 heterocycles. The lowest BCUT2D eigenvalue weighted by molar-refractivity contribution is -0.148. The number of amides is 1. The molecular formula is C18H25NO8S. The minimum absolute atomic E-state index is 0.0593. The van der Waals surface area contributed by atoms with Gasteiger partial charge >= 0.3 is 5.97 Å². The van der Waals surface area contributed by atoms with Crippen LogP contribution in [0.2, 0.25) is 0 Å². The number of carbonyl (C=O) groups is 2. The molecule has 2 rings (SSSR count). The molecule has 156 valence electrons. The van der Waals surface area contributed by atoms with Crippen molar-refractivity contribution in [1.82, 2.24) is 5.32 Å². The van der Waals surface area contributed by atoms with E-state index in [9.17, 15) is 18.0 Å². The van der Waals surface area contributed by atoms with Gasteiger partial charge < -0.3 is 24.3 Å². The van der Waals surface area contributed by atoms with Crippen LogP contribution in [0.5, 0.6) is 17.2 Å². The summed E-state index contributed by atoms with van der Waals surface area (Å²) in [6.07, 6.45) is 0.797. The highest BCUT2D eigenvalue weighted by atomic mass is 32.2.